The topological polar surface area (TPSA) is 80.9 Å². The van der Waals surface area contributed by atoms with Gasteiger partial charge in [0.1, 0.15) is 17.6 Å². The fourth-order valence-corrected chi connectivity index (χ4v) is 1.70. The average Bonchev–Trinajstić information content (AvgIpc) is 2.50. The van der Waals surface area contributed by atoms with E-state index in [0.29, 0.717) is 0 Å². The highest BCUT2D eigenvalue weighted by molar-refractivity contribution is 5.34. The molecule has 0 saturated heterocycles. The predicted octanol–water partition coefficient (Wildman–Crippen LogP) is 1.82. The molecule has 0 saturated carbocycles. The minimum atomic E-state index is -1.35. The van der Waals surface area contributed by atoms with E-state index in [9.17, 15) is 14.0 Å². The van der Waals surface area contributed by atoms with Crippen LogP contribution in [0.3, 0.4) is 0 Å². The van der Waals surface area contributed by atoms with Crippen LogP contribution in [0.15, 0.2) is 18.2 Å². The molecule has 1 unspecified atom stereocenters. The molecule has 1 aromatic carbocycles. The van der Waals surface area contributed by atoms with Gasteiger partial charge in [0.05, 0.1) is 20.3 Å². The second-order valence-electron chi connectivity index (χ2n) is 3.86. The van der Waals surface area contributed by atoms with Gasteiger partial charge in [-0.2, -0.15) is 15.2 Å². The van der Waals surface area contributed by atoms with Crippen molar-refractivity contribution in [3.8, 4) is 18.1 Å². The lowest BCUT2D eigenvalue weighted by Gasteiger charge is -2.11. The fraction of sp³-hybridized carbons (Fsp3) is 0.231. The number of nitrogens with zero attached hydrogens (tertiary/aromatic N) is 4. The molecule has 0 radical (unpaired) electrons. The number of methoxy groups -OCH3 is 2. The molecule has 1 atom stereocenters. The van der Waals surface area contributed by atoms with Crippen molar-refractivity contribution >= 4 is 0 Å². The van der Waals surface area contributed by atoms with Gasteiger partial charge in [-0.3, -0.25) is 0 Å². The third-order valence-corrected chi connectivity index (χ3v) is 2.65. The van der Waals surface area contributed by atoms with Crippen molar-refractivity contribution in [2.24, 2.45) is 0 Å². The maximum Gasteiger partial charge on any atom is 0.322 e. The zero-order valence-corrected chi connectivity index (χ0v) is 11.2. The first-order valence-corrected chi connectivity index (χ1v) is 5.78. The molecule has 1 aromatic heterocycles. The first-order valence-electron chi connectivity index (χ1n) is 5.78. The van der Waals surface area contributed by atoms with Gasteiger partial charge in [-0.1, -0.05) is 6.07 Å². The van der Waals surface area contributed by atoms with E-state index in [2.05, 4.69) is 15.0 Å². The van der Waals surface area contributed by atoms with E-state index in [0.717, 1.165) is 12.1 Å². The standard InChI is InChI=1S/C13H10F2N4O2/c1-20-12-17-11(18-13(19-12)21-2)7(6-16)10-8(14)4-3-5-9(10)15/h3-5,7H,1-2H3. The Morgan fingerprint density at radius 3 is 2.00 bits per heavy atom. The monoisotopic (exact) mass is 292 g/mol. The molecule has 0 fully saturated rings. The molecule has 2 aromatic rings. The van der Waals surface area contributed by atoms with Crippen LogP contribution in [0.2, 0.25) is 0 Å². The third-order valence-electron chi connectivity index (χ3n) is 2.65. The van der Waals surface area contributed by atoms with Crippen LogP contribution in [0.25, 0.3) is 0 Å². The average molecular weight is 292 g/mol. The molecule has 0 bridgehead atoms. The molecular weight excluding hydrogens is 282 g/mol. The van der Waals surface area contributed by atoms with Crippen LogP contribution in [0.5, 0.6) is 12.0 Å². The summed E-state index contributed by atoms with van der Waals surface area (Å²) in [5.41, 5.74) is -0.435. The molecule has 2 rings (SSSR count). The van der Waals surface area contributed by atoms with Crippen molar-refractivity contribution in [3.63, 3.8) is 0 Å². The molecule has 108 valence electrons. The zero-order valence-electron chi connectivity index (χ0n) is 11.2. The minimum absolute atomic E-state index is 0.117. The van der Waals surface area contributed by atoms with Gasteiger partial charge in [0.25, 0.3) is 0 Å². The van der Waals surface area contributed by atoms with E-state index in [4.69, 9.17) is 9.47 Å². The molecule has 0 N–H and O–H groups in total. The summed E-state index contributed by atoms with van der Waals surface area (Å²) in [7, 11) is 2.62. The summed E-state index contributed by atoms with van der Waals surface area (Å²) in [4.78, 5) is 11.5. The van der Waals surface area contributed by atoms with Gasteiger partial charge in [0.15, 0.2) is 5.82 Å². The van der Waals surface area contributed by atoms with Crippen LogP contribution >= 0.6 is 0 Å². The summed E-state index contributed by atoms with van der Waals surface area (Å²) in [6, 6.07) is 4.85. The molecule has 0 spiro atoms. The van der Waals surface area contributed by atoms with Gasteiger partial charge in [0, 0.05) is 5.56 Å². The zero-order chi connectivity index (χ0) is 15.4. The van der Waals surface area contributed by atoms with Crippen LogP contribution in [0, 0.1) is 23.0 Å². The molecule has 21 heavy (non-hydrogen) atoms. The number of halogens is 2. The van der Waals surface area contributed by atoms with Crippen LogP contribution < -0.4 is 9.47 Å². The van der Waals surface area contributed by atoms with E-state index < -0.39 is 23.1 Å². The number of nitriles is 1. The molecule has 0 aliphatic heterocycles. The van der Waals surface area contributed by atoms with E-state index in [1.165, 1.54) is 20.3 Å². The number of hydrogen-bond acceptors (Lipinski definition) is 6. The Hall–Kier alpha value is -2.82. The van der Waals surface area contributed by atoms with Gasteiger partial charge >= 0.3 is 12.0 Å². The van der Waals surface area contributed by atoms with Crippen LogP contribution in [-0.2, 0) is 0 Å². The second kappa shape index (κ2) is 6.09. The Kier molecular flexibility index (Phi) is 4.23. The van der Waals surface area contributed by atoms with E-state index in [1.54, 1.807) is 6.07 Å². The van der Waals surface area contributed by atoms with Gasteiger partial charge in [-0.25, -0.2) is 8.78 Å². The Balaban J connectivity index is 2.59. The Morgan fingerprint density at radius 1 is 1.05 bits per heavy atom. The number of hydrogen-bond donors (Lipinski definition) is 0. The second-order valence-corrected chi connectivity index (χ2v) is 3.86. The highest BCUT2D eigenvalue weighted by atomic mass is 19.1. The summed E-state index contributed by atoms with van der Waals surface area (Å²) in [6.07, 6.45) is 0. The van der Waals surface area contributed by atoms with Crippen molar-refractivity contribution in [2.75, 3.05) is 14.2 Å². The summed E-state index contributed by atoms with van der Waals surface area (Å²) < 4.78 is 37.3. The van der Waals surface area contributed by atoms with Crippen LogP contribution in [0.4, 0.5) is 8.78 Å². The summed E-state index contributed by atoms with van der Waals surface area (Å²) in [5, 5.41) is 9.24. The molecule has 1 heterocycles. The molecule has 0 aliphatic rings. The first kappa shape index (κ1) is 14.6. The summed E-state index contributed by atoms with van der Waals surface area (Å²) in [6.45, 7) is 0. The highest BCUT2D eigenvalue weighted by Gasteiger charge is 2.26. The van der Waals surface area contributed by atoms with Gasteiger partial charge in [-0.15, -0.1) is 4.98 Å². The summed E-state index contributed by atoms with van der Waals surface area (Å²) >= 11 is 0. The fourth-order valence-electron chi connectivity index (χ4n) is 1.70. The quantitative estimate of drug-likeness (QED) is 0.855. The Labute approximate surface area is 119 Å². The lowest BCUT2D eigenvalue weighted by atomic mass is 9.98. The van der Waals surface area contributed by atoms with E-state index in [1.807, 2.05) is 0 Å². The third kappa shape index (κ3) is 2.86. The molecule has 0 aliphatic carbocycles. The number of aromatic nitrogens is 3. The molecule has 6 nitrogen and oxygen atoms in total. The highest BCUT2D eigenvalue weighted by Crippen LogP contribution is 2.27. The SMILES string of the molecule is COc1nc(OC)nc(C(C#N)c2c(F)cccc2F)n1. The lowest BCUT2D eigenvalue weighted by molar-refractivity contribution is 0.336. The van der Waals surface area contributed by atoms with Gasteiger partial charge < -0.3 is 9.47 Å². The summed E-state index contributed by atoms with van der Waals surface area (Å²) in [5.74, 6) is -3.23. The van der Waals surface area contributed by atoms with Crippen LogP contribution in [-0.4, -0.2) is 29.2 Å². The van der Waals surface area contributed by atoms with Crippen molar-refractivity contribution < 1.29 is 18.3 Å². The first-order chi connectivity index (χ1) is 10.1. The normalized spacial score (nSPS) is 11.6. The molecule has 0 amide bonds. The smallest absolute Gasteiger partial charge is 0.322 e. The number of ether oxygens (including phenoxy) is 2. The van der Waals surface area contributed by atoms with Crippen molar-refractivity contribution in [1.82, 2.24) is 15.0 Å². The lowest BCUT2D eigenvalue weighted by Crippen LogP contribution is -2.11. The Morgan fingerprint density at radius 2 is 1.57 bits per heavy atom. The molecular formula is C13H10F2N4O2. The maximum absolute atomic E-state index is 13.8. The van der Waals surface area contributed by atoms with Crippen molar-refractivity contribution in [3.05, 3.63) is 41.2 Å². The van der Waals surface area contributed by atoms with Gasteiger partial charge in [0.2, 0.25) is 0 Å². The Bertz CT molecular complexity index is 661. The van der Waals surface area contributed by atoms with E-state index >= 15 is 0 Å². The van der Waals surface area contributed by atoms with Crippen LogP contribution in [0.1, 0.15) is 17.3 Å². The number of rotatable bonds is 4. The van der Waals surface area contributed by atoms with Crippen molar-refractivity contribution in [1.29, 1.82) is 5.26 Å². The maximum atomic E-state index is 13.8. The van der Waals surface area contributed by atoms with Gasteiger partial charge in [-0.05, 0) is 12.1 Å². The van der Waals surface area contributed by atoms with Crippen molar-refractivity contribution in [2.45, 2.75) is 5.92 Å². The predicted molar refractivity (Wildman–Crippen MR) is 66.7 cm³/mol. The minimum Gasteiger partial charge on any atom is -0.467 e. The van der Waals surface area contributed by atoms with E-state index in [-0.39, 0.29) is 17.8 Å². The molecule has 8 heteroatoms. The number of benzene rings is 1. The largest absolute Gasteiger partial charge is 0.467 e.